The van der Waals surface area contributed by atoms with Crippen molar-refractivity contribution in [2.24, 2.45) is 0 Å². The van der Waals surface area contributed by atoms with Gasteiger partial charge in [-0.05, 0) is 49.2 Å². The highest BCUT2D eigenvalue weighted by Gasteiger charge is 2.28. The molecule has 0 fully saturated rings. The molecule has 182 valence electrons. The van der Waals surface area contributed by atoms with Crippen LogP contribution in [0.4, 0.5) is 5.00 Å². The van der Waals surface area contributed by atoms with Crippen molar-refractivity contribution in [1.29, 1.82) is 0 Å². The summed E-state index contributed by atoms with van der Waals surface area (Å²) < 4.78 is 26.4. The molecule has 0 unspecified atom stereocenters. The third-order valence-electron chi connectivity index (χ3n) is 6.14. The Hall–Kier alpha value is -2.59. The second-order valence-corrected chi connectivity index (χ2v) is 12.9. The number of nitrogens with one attached hydrogen (secondary N) is 1. The van der Waals surface area contributed by atoms with Crippen molar-refractivity contribution < 1.29 is 13.2 Å². The summed E-state index contributed by atoms with van der Waals surface area (Å²) in [5.74, 6) is -0.523. The third-order valence-corrected chi connectivity index (χ3v) is 10.1. The number of carbonyl (C=O) groups excluding carboxylic acids is 1. The largest absolute Gasteiger partial charge is 0.317 e. The van der Waals surface area contributed by atoms with Crippen molar-refractivity contribution in [3.8, 4) is 10.6 Å². The highest BCUT2D eigenvalue weighted by Crippen LogP contribution is 2.45. The van der Waals surface area contributed by atoms with Crippen molar-refractivity contribution in [3.63, 3.8) is 0 Å². The fourth-order valence-corrected chi connectivity index (χ4v) is 8.10. The van der Waals surface area contributed by atoms with Crippen LogP contribution in [-0.2, 0) is 27.6 Å². The van der Waals surface area contributed by atoms with Gasteiger partial charge < -0.3 is 5.32 Å². The molecule has 0 bridgehead atoms. The summed E-state index contributed by atoms with van der Waals surface area (Å²) in [6.45, 7) is 5.08. The molecule has 2 aromatic heterocycles. The highest BCUT2D eigenvalue weighted by atomic mass is 32.2. The number of anilines is 1. The molecule has 1 amide bonds. The standard InChI is InChI=1S/C26H27N3O3S3/c1-2-14-29-15-12-19-22(17-29)34-26(24(19)25-27-20-10-6-7-11-21(20)33-25)28-23(30)13-16-35(31,32)18-8-4-3-5-9-18/h3-11H,2,12-17H2,1H3,(H,28,30). The van der Waals surface area contributed by atoms with E-state index in [0.29, 0.717) is 0 Å². The lowest BCUT2D eigenvalue weighted by atomic mass is 10.0. The van der Waals surface area contributed by atoms with Gasteiger partial charge in [0, 0.05) is 30.0 Å². The first-order valence-corrected chi connectivity index (χ1v) is 15.0. The van der Waals surface area contributed by atoms with Crippen LogP contribution in [0.1, 0.15) is 30.2 Å². The summed E-state index contributed by atoms with van der Waals surface area (Å²) in [6.07, 6.45) is 1.92. The second-order valence-electron chi connectivity index (χ2n) is 8.65. The summed E-state index contributed by atoms with van der Waals surface area (Å²) in [5, 5.41) is 4.72. The zero-order valence-electron chi connectivity index (χ0n) is 19.5. The first-order valence-electron chi connectivity index (χ1n) is 11.7. The van der Waals surface area contributed by atoms with Gasteiger partial charge in [0.25, 0.3) is 0 Å². The Labute approximate surface area is 213 Å². The van der Waals surface area contributed by atoms with E-state index in [0.717, 1.165) is 58.3 Å². The number of thiazole rings is 1. The molecule has 35 heavy (non-hydrogen) atoms. The number of benzene rings is 2. The molecule has 2 aromatic carbocycles. The zero-order valence-corrected chi connectivity index (χ0v) is 21.9. The molecular formula is C26H27N3O3S3. The van der Waals surface area contributed by atoms with E-state index in [-0.39, 0.29) is 23.0 Å². The number of thiophene rings is 1. The normalized spacial score (nSPS) is 14.2. The Balaban J connectivity index is 1.42. The first kappa shape index (κ1) is 24.1. The summed E-state index contributed by atoms with van der Waals surface area (Å²) in [6, 6.07) is 16.3. The molecule has 1 N–H and O–H groups in total. The molecule has 4 aromatic rings. The molecule has 3 heterocycles. The van der Waals surface area contributed by atoms with Gasteiger partial charge in [-0.25, -0.2) is 13.4 Å². The number of hydrogen-bond acceptors (Lipinski definition) is 7. The monoisotopic (exact) mass is 525 g/mol. The maximum Gasteiger partial charge on any atom is 0.226 e. The number of fused-ring (bicyclic) bond motifs is 2. The minimum Gasteiger partial charge on any atom is -0.317 e. The fourth-order valence-electron chi connectivity index (χ4n) is 4.42. The lowest BCUT2D eigenvalue weighted by molar-refractivity contribution is -0.115. The molecule has 0 radical (unpaired) electrons. The third kappa shape index (κ3) is 5.18. The zero-order chi connectivity index (χ0) is 24.4. The van der Waals surface area contributed by atoms with Gasteiger partial charge in [0.2, 0.25) is 5.91 Å². The van der Waals surface area contributed by atoms with Crippen LogP contribution in [0.2, 0.25) is 0 Å². The number of rotatable bonds is 8. The van der Waals surface area contributed by atoms with Crippen LogP contribution in [0.25, 0.3) is 20.8 Å². The van der Waals surface area contributed by atoms with Gasteiger partial charge in [-0.15, -0.1) is 22.7 Å². The van der Waals surface area contributed by atoms with Crippen molar-refractivity contribution in [2.75, 3.05) is 24.2 Å². The molecule has 0 spiro atoms. The molecule has 9 heteroatoms. The van der Waals surface area contributed by atoms with Crippen LogP contribution < -0.4 is 5.32 Å². The average Bonchev–Trinajstić information content (AvgIpc) is 3.44. The van der Waals surface area contributed by atoms with Gasteiger partial charge >= 0.3 is 0 Å². The smallest absolute Gasteiger partial charge is 0.226 e. The van der Waals surface area contributed by atoms with Crippen molar-refractivity contribution in [2.45, 2.75) is 37.6 Å². The Morgan fingerprint density at radius 3 is 2.63 bits per heavy atom. The quantitative estimate of drug-likeness (QED) is 0.324. The first-order chi connectivity index (χ1) is 16.9. The van der Waals surface area contributed by atoms with Gasteiger partial charge in [-0.3, -0.25) is 9.69 Å². The van der Waals surface area contributed by atoms with Gasteiger partial charge in [-0.2, -0.15) is 0 Å². The second kappa shape index (κ2) is 10.2. The molecule has 5 rings (SSSR count). The van der Waals surface area contributed by atoms with E-state index < -0.39 is 9.84 Å². The Bertz CT molecular complexity index is 1430. The summed E-state index contributed by atoms with van der Waals surface area (Å²) in [5.41, 5.74) is 3.21. The Kier molecular flexibility index (Phi) is 7.02. The van der Waals surface area contributed by atoms with Gasteiger partial charge in [-0.1, -0.05) is 37.3 Å². The van der Waals surface area contributed by atoms with E-state index in [1.165, 1.54) is 10.4 Å². The average molecular weight is 526 g/mol. The van der Waals surface area contributed by atoms with Crippen LogP contribution in [-0.4, -0.2) is 43.1 Å². The van der Waals surface area contributed by atoms with Crippen LogP contribution in [0.3, 0.4) is 0 Å². The van der Waals surface area contributed by atoms with E-state index in [9.17, 15) is 13.2 Å². The number of hydrogen-bond donors (Lipinski definition) is 1. The van der Waals surface area contributed by atoms with Crippen LogP contribution >= 0.6 is 22.7 Å². The minimum atomic E-state index is -3.52. The Morgan fingerprint density at radius 2 is 1.86 bits per heavy atom. The maximum absolute atomic E-state index is 12.9. The number of nitrogens with zero attached hydrogens (tertiary/aromatic N) is 2. The predicted molar refractivity (Wildman–Crippen MR) is 144 cm³/mol. The molecule has 0 saturated heterocycles. The molecule has 1 aliphatic heterocycles. The van der Waals surface area contributed by atoms with Crippen molar-refractivity contribution in [1.82, 2.24) is 9.88 Å². The highest BCUT2D eigenvalue weighted by molar-refractivity contribution is 7.91. The summed E-state index contributed by atoms with van der Waals surface area (Å²) >= 11 is 3.23. The van der Waals surface area contributed by atoms with Crippen LogP contribution in [0.15, 0.2) is 59.5 Å². The molecule has 6 nitrogen and oxygen atoms in total. The number of amides is 1. The van der Waals surface area contributed by atoms with E-state index in [1.54, 1.807) is 53.0 Å². The summed E-state index contributed by atoms with van der Waals surface area (Å²) in [4.78, 5) is 21.7. The van der Waals surface area contributed by atoms with E-state index in [1.807, 2.05) is 18.2 Å². The van der Waals surface area contributed by atoms with Gasteiger partial charge in [0.05, 0.1) is 20.9 Å². The number of aromatic nitrogens is 1. The van der Waals surface area contributed by atoms with Gasteiger partial charge in [0.15, 0.2) is 9.84 Å². The predicted octanol–water partition coefficient (Wildman–Crippen LogP) is 5.60. The maximum atomic E-state index is 12.9. The van der Waals surface area contributed by atoms with Gasteiger partial charge in [0.1, 0.15) is 10.0 Å². The molecule has 0 atom stereocenters. The van der Waals surface area contributed by atoms with E-state index >= 15 is 0 Å². The van der Waals surface area contributed by atoms with Crippen LogP contribution in [0, 0.1) is 0 Å². The Morgan fingerprint density at radius 1 is 1.09 bits per heavy atom. The van der Waals surface area contributed by atoms with Crippen molar-refractivity contribution in [3.05, 3.63) is 65.0 Å². The van der Waals surface area contributed by atoms with Crippen LogP contribution in [0.5, 0.6) is 0 Å². The van der Waals surface area contributed by atoms with Crippen molar-refractivity contribution >= 4 is 53.6 Å². The molecule has 1 aliphatic rings. The number of para-hydroxylation sites is 1. The number of carbonyl (C=O) groups is 1. The molecular weight excluding hydrogens is 499 g/mol. The molecule has 0 aliphatic carbocycles. The SMILES string of the molecule is CCCN1CCc2c(sc(NC(=O)CCS(=O)(=O)c3ccccc3)c2-c2nc3ccccc3s2)C1. The summed E-state index contributed by atoms with van der Waals surface area (Å²) in [7, 11) is -3.52. The minimum absolute atomic E-state index is 0.0962. The lowest BCUT2D eigenvalue weighted by Gasteiger charge is -2.26. The fraction of sp³-hybridized carbons (Fsp3) is 0.308. The number of sulfone groups is 1. The lowest BCUT2D eigenvalue weighted by Crippen LogP contribution is -2.30. The van der Waals surface area contributed by atoms with E-state index in [4.69, 9.17) is 4.98 Å². The van der Waals surface area contributed by atoms with E-state index in [2.05, 4.69) is 23.2 Å². The topological polar surface area (TPSA) is 79.4 Å². The molecule has 0 saturated carbocycles.